The second-order valence-electron chi connectivity index (χ2n) is 8.25. The fourth-order valence-electron chi connectivity index (χ4n) is 4.12. The smallest absolute Gasteiger partial charge is 0.0693 e. The molecule has 0 bridgehead atoms. The topological polar surface area (TPSA) is 32.3 Å². The lowest BCUT2D eigenvalue weighted by Gasteiger charge is -2.30. The van der Waals surface area contributed by atoms with Crippen molar-refractivity contribution >= 4 is 0 Å². The van der Waals surface area contributed by atoms with E-state index in [1.54, 1.807) is 0 Å². The van der Waals surface area contributed by atoms with Crippen molar-refractivity contribution in [1.82, 2.24) is 5.32 Å². The van der Waals surface area contributed by atoms with Crippen molar-refractivity contribution in [1.29, 1.82) is 0 Å². The van der Waals surface area contributed by atoms with E-state index in [1.807, 2.05) is 0 Å². The van der Waals surface area contributed by atoms with Gasteiger partial charge < -0.3 is 10.4 Å². The summed E-state index contributed by atoms with van der Waals surface area (Å²) < 4.78 is 0. The normalized spacial score (nSPS) is 37.2. The Morgan fingerprint density at radius 2 is 1.55 bits per heavy atom. The molecule has 0 aliphatic heterocycles. The van der Waals surface area contributed by atoms with Gasteiger partial charge >= 0.3 is 0 Å². The zero-order valence-electron chi connectivity index (χ0n) is 13.8. The van der Waals surface area contributed by atoms with Crippen LogP contribution in [0.1, 0.15) is 85.0 Å². The van der Waals surface area contributed by atoms with E-state index >= 15 is 0 Å². The number of nitrogens with one attached hydrogen (secondary N) is 1. The summed E-state index contributed by atoms with van der Waals surface area (Å²) in [5.74, 6) is 0.869. The Bertz CT molecular complexity index is 284. The molecule has 0 aromatic heterocycles. The minimum absolute atomic E-state index is 0.112. The van der Waals surface area contributed by atoms with Gasteiger partial charge in [-0.3, -0.25) is 0 Å². The summed E-state index contributed by atoms with van der Waals surface area (Å²) in [6, 6.07) is 0.994. The van der Waals surface area contributed by atoms with E-state index in [-0.39, 0.29) is 6.10 Å². The van der Waals surface area contributed by atoms with Gasteiger partial charge in [0.15, 0.2) is 0 Å². The zero-order chi connectivity index (χ0) is 14.6. The number of hydrogen-bond donors (Lipinski definition) is 2. The number of aliphatic hydroxyl groups excluding tert-OH is 1. The lowest BCUT2D eigenvalue weighted by molar-refractivity contribution is 0.111. The first-order chi connectivity index (χ1) is 9.47. The van der Waals surface area contributed by atoms with Crippen molar-refractivity contribution in [3.63, 3.8) is 0 Å². The molecule has 2 nitrogen and oxygen atoms in total. The summed E-state index contributed by atoms with van der Waals surface area (Å²) in [6.45, 7) is 7.17. The van der Waals surface area contributed by atoms with Gasteiger partial charge in [-0.2, -0.15) is 0 Å². The molecule has 0 heterocycles. The summed E-state index contributed by atoms with van der Waals surface area (Å²) in [5, 5.41) is 14.1. The second kappa shape index (κ2) is 7.26. The SMILES string of the molecule is CC(C)(C)C1CCCC(NC2CCCCCC2O)CC1. The zero-order valence-corrected chi connectivity index (χ0v) is 13.8. The molecule has 118 valence electrons. The van der Waals surface area contributed by atoms with Gasteiger partial charge in [0.2, 0.25) is 0 Å². The second-order valence-corrected chi connectivity index (χ2v) is 8.25. The first-order valence-corrected chi connectivity index (χ1v) is 8.91. The van der Waals surface area contributed by atoms with Crippen molar-refractivity contribution in [2.24, 2.45) is 11.3 Å². The predicted molar refractivity (Wildman–Crippen MR) is 85.8 cm³/mol. The first-order valence-electron chi connectivity index (χ1n) is 8.91. The van der Waals surface area contributed by atoms with E-state index < -0.39 is 0 Å². The summed E-state index contributed by atoms with van der Waals surface area (Å²) in [4.78, 5) is 0. The highest BCUT2D eigenvalue weighted by Gasteiger charge is 2.30. The molecular weight excluding hydrogens is 246 g/mol. The van der Waals surface area contributed by atoms with Gasteiger partial charge in [-0.15, -0.1) is 0 Å². The third-order valence-corrected chi connectivity index (χ3v) is 5.62. The van der Waals surface area contributed by atoms with Crippen LogP contribution < -0.4 is 5.32 Å². The molecule has 20 heavy (non-hydrogen) atoms. The maximum Gasteiger partial charge on any atom is 0.0693 e. The van der Waals surface area contributed by atoms with Crippen LogP contribution in [0.2, 0.25) is 0 Å². The Kier molecular flexibility index (Phi) is 5.92. The van der Waals surface area contributed by atoms with Gasteiger partial charge in [-0.05, 0) is 49.9 Å². The molecule has 2 aliphatic carbocycles. The lowest BCUT2D eigenvalue weighted by Crippen LogP contribution is -2.44. The average Bonchev–Trinajstić information content (AvgIpc) is 2.71. The lowest BCUT2D eigenvalue weighted by atomic mass is 9.76. The summed E-state index contributed by atoms with van der Waals surface area (Å²) in [6.07, 6.45) is 12.5. The van der Waals surface area contributed by atoms with Crippen molar-refractivity contribution in [2.75, 3.05) is 0 Å². The number of hydrogen-bond acceptors (Lipinski definition) is 2. The van der Waals surface area contributed by atoms with Crippen molar-refractivity contribution in [2.45, 2.75) is 103 Å². The first kappa shape index (κ1) is 16.3. The quantitative estimate of drug-likeness (QED) is 0.741. The van der Waals surface area contributed by atoms with Crippen LogP contribution in [0.3, 0.4) is 0 Å². The van der Waals surface area contributed by atoms with Crippen LogP contribution in [0.15, 0.2) is 0 Å². The average molecular weight is 281 g/mol. The van der Waals surface area contributed by atoms with E-state index in [1.165, 1.54) is 57.8 Å². The minimum Gasteiger partial charge on any atom is -0.392 e. The van der Waals surface area contributed by atoms with Crippen LogP contribution in [0.25, 0.3) is 0 Å². The van der Waals surface area contributed by atoms with Gasteiger partial charge in [0.1, 0.15) is 0 Å². The van der Waals surface area contributed by atoms with E-state index in [9.17, 15) is 5.11 Å². The third kappa shape index (κ3) is 4.73. The van der Waals surface area contributed by atoms with Crippen molar-refractivity contribution in [3.05, 3.63) is 0 Å². The third-order valence-electron chi connectivity index (χ3n) is 5.62. The Morgan fingerprint density at radius 3 is 2.30 bits per heavy atom. The molecule has 0 aromatic rings. The van der Waals surface area contributed by atoms with Crippen LogP contribution >= 0.6 is 0 Å². The largest absolute Gasteiger partial charge is 0.392 e. The molecule has 2 aliphatic rings. The van der Waals surface area contributed by atoms with E-state index in [0.717, 1.165) is 12.3 Å². The molecule has 4 atom stereocenters. The van der Waals surface area contributed by atoms with Crippen molar-refractivity contribution < 1.29 is 5.11 Å². The van der Waals surface area contributed by atoms with Gasteiger partial charge in [0.25, 0.3) is 0 Å². The van der Waals surface area contributed by atoms with Crippen LogP contribution in [0, 0.1) is 11.3 Å². The molecular formula is C18H35NO. The highest BCUT2D eigenvalue weighted by Crippen LogP contribution is 2.37. The molecule has 2 fully saturated rings. The van der Waals surface area contributed by atoms with Gasteiger partial charge in [-0.25, -0.2) is 0 Å². The van der Waals surface area contributed by atoms with Crippen molar-refractivity contribution in [3.8, 4) is 0 Å². The van der Waals surface area contributed by atoms with E-state index in [0.29, 0.717) is 17.5 Å². The van der Waals surface area contributed by atoms with Gasteiger partial charge in [-0.1, -0.05) is 46.5 Å². The minimum atomic E-state index is -0.112. The van der Waals surface area contributed by atoms with Gasteiger partial charge in [0, 0.05) is 12.1 Å². The molecule has 4 unspecified atom stereocenters. The number of rotatable bonds is 2. The number of aliphatic hydroxyl groups is 1. The molecule has 2 N–H and O–H groups in total. The summed E-state index contributed by atoms with van der Waals surface area (Å²) in [5.41, 5.74) is 0.455. The van der Waals surface area contributed by atoms with E-state index in [2.05, 4.69) is 26.1 Å². The van der Waals surface area contributed by atoms with Crippen LogP contribution in [0.4, 0.5) is 0 Å². The highest BCUT2D eigenvalue weighted by molar-refractivity contribution is 4.86. The fourth-order valence-corrected chi connectivity index (χ4v) is 4.12. The van der Waals surface area contributed by atoms with Crippen LogP contribution in [-0.2, 0) is 0 Å². The summed E-state index contributed by atoms with van der Waals surface area (Å²) in [7, 11) is 0. The molecule has 2 heteroatoms. The molecule has 2 rings (SSSR count). The van der Waals surface area contributed by atoms with E-state index in [4.69, 9.17) is 0 Å². The Labute approximate surface area is 125 Å². The van der Waals surface area contributed by atoms with Gasteiger partial charge in [0.05, 0.1) is 6.10 Å². The molecule has 0 amide bonds. The standard InChI is InChI=1S/C18H35NO/c1-18(2,3)14-8-7-9-15(13-12-14)19-16-10-5-4-6-11-17(16)20/h14-17,19-20H,4-13H2,1-3H3. The Hall–Kier alpha value is -0.0800. The maximum absolute atomic E-state index is 10.3. The monoisotopic (exact) mass is 281 g/mol. The summed E-state index contributed by atoms with van der Waals surface area (Å²) >= 11 is 0. The fraction of sp³-hybridized carbons (Fsp3) is 1.00. The molecule has 0 saturated heterocycles. The van der Waals surface area contributed by atoms with Crippen LogP contribution in [-0.4, -0.2) is 23.3 Å². The molecule has 0 radical (unpaired) electrons. The molecule has 0 spiro atoms. The predicted octanol–water partition coefficient (Wildman–Crippen LogP) is 4.26. The Balaban J connectivity index is 1.84. The Morgan fingerprint density at radius 1 is 0.800 bits per heavy atom. The highest BCUT2D eigenvalue weighted by atomic mass is 16.3. The maximum atomic E-state index is 10.3. The molecule has 2 saturated carbocycles. The van der Waals surface area contributed by atoms with Crippen LogP contribution in [0.5, 0.6) is 0 Å². The molecule has 0 aromatic carbocycles.